The second-order valence-electron chi connectivity index (χ2n) is 4.18. The predicted octanol–water partition coefficient (Wildman–Crippen LogP) is 2.45. The molecule has 0 amide bonds. The molecular formula is C11H18N2S. The van der Waals surface area contributed by atoms with Gasteiger partial charge in [0.15, 0.2) is 0 Å². The molecule has 0 saturated heterocycles. The highest BCUT2D eigenvalue weighted by Crippen LogP contribution is 2.36. The van der Waals surface area contributed by atoms with Gasteiger partial charge in [0, 0.05) is 17.6 Å². The molecule has 1 aromatic heterocycles. The van der Waals surface area contributed by atoms with Gasteiger partial charge in [-0.3, -0.25) is 0 Å². The van der Waals surface area contributed by atoms with Crippen LogP contribution in [0.4, 0.5) is 0 Å². The second kappa shape index (κ2) is 4.41. The smallest absolute Gasteiger partial charge is 0.0925 e. The van der Waals surface area contributed by atoms with E-state index < -0.39 is 0 Å². The first-order valence-electron chi connectivity index (χ1n) is 5.44. The monoisotopic (exact) mass is 210 g/mol. The first-order chi connectivity index (χ1) is 6.79. The number of nitrogens with one attached hydrogen (secondary N) is 1. The van der Waals surface area contributed by atoms with Crippen LogP contribution in [0.25, 0.3) is 0 Å². The zero-order chi connectivity index (χ0) is 9.97. The molecule has 2 unspecified atom stereocenters. The lowest BCUT2D eigenvalue weighted by atomic mass is 10.3. The molecular weight excluding hydrogens is 192 g/mol. The molecule has 1 saturated carbocycles. The Kier molecular flexibility index (Phi) is 3.19. The van der Waals surface area contributed by atoms with Crippen LogP contribution in [0.1, 0.15) is 30.2 Å². The molecule has 0 radical (unpaired) electrons. The fourth-order valence-electron chi connectivity index (χ4n) is 1.66. The van der Waals surface area contributed by atoms with Crippen LogP contribution in [0.2, 0.25) is 0 Å². The average Bonchev–Trinajstić information content (AvgIpc) is 2.71. The molecule has 1 heterocycles. The summed E-state index contributed by atoms with van der Waals surface area (Å²) in [5.74, 6) is 1.89. The summed E-state index contributed by atoms with van der Waals surface area (Å²) in [6.45, 7) is 6.66. The lowest BCUT2D eigenvalue weighted by molar-refractivity contribution is 0.615. The molecule has 0 aliphatic heterocycles. The Morgan fingerprint density at radius 2 is 2.43 bits per heavy atom. The Labute approximate surface area is 89.8 Å². The Morgan fingerprint density at radius 3 is 3.00 bits per heavy atom. The summed E-state index contributed by atoms with van der Waals surface area (Å²) in [4.78, 5) is 5.71. The third-order valence-electron chi connectivity index (χ3n) is 2.89. The van der Waals surface area contributed by atoms with E-state index in [1.54, 1.807) is 0 Å². The highest BCUT2D eigenvalue weighted by molar-refractivity contribution is 7.11. The van der Waals surface area contributed by atoms with Crippen LogP contribution in [0.15, 0.2) is 6.20 Å². The van der Waals surface area contributed by atoms with Gasteiger partial charge in [0.25, 0.3) is 0 Å². The molecule has 1 aliphatic rings. The lowest BCUT2D eigenvalue weighted by Crippen LogP contribution is -2.15. The van der Waals surface area contributed by atoms with Gasteiger partial charge in [-0.05, 0) is 31.2 Å². The number of hydrogen-bond donors (Lipinski definition) is 1. The Morgan fingerprint density at radius 1 is 1.64 bits per heavy atom. The molecule has 14 heavy (non-hydrogen) atoms. The van der Waals surface area contributed by atoms with E-state index in [1.807, 2.05) is 17.5 Å². The van der Waals surface area contributed by atoms with Crippen molar-refractivity contribution in [2.75, 3.05) is 6.54 Å². The zero-order valence-electron chi connectivity index (χ0n) is 8.92. The number of thiazole rings is 1. The van der Waals surface area contributed by atoms with Crippen molar-refractivity contribution < 1.29 is 0 Å². The topological polar surface area (TPSA) is 24.9 Å². The first kappa shape index (κ1) is 10.1. The third-order valence-corrected chi connectivity index (χ3v) is 4.03. The quantitative estimate of drug-likeness (QED) is 0.807. The maximum absolute atomic E-state index is 4.34. The van der Waals surface area contributed by atoms with Gasteiger partial charge in [0.1, 0.15) is 0 Å². The maximum atomic E-state index is 4.34. The molecule has 1 fully saturated rings. The van der Waals surface area contributed by atoms with Gasteiger partial charge in [-0.15, -0.1) is 11.3 Å². The van der Waals surface area contributed by atoms with E-state index in [4.69, 9.17) is 0 Å². The van der Waals surface area contributed by atoms with Crippen molar-refractivity contribution in [3.63, 3.8) is 0 Å². The van der Waals surface area contributed by atoms with Crippen LogP contribution >= 0.6 is 11.3 Å². The Hall–Kier alpha value is -0.410. The molecule has 3 heteroatoms. The van der Waals surface area contributed by atoms with E-state index in [0.717, 1.165) is 24.8 Å². The van der Waals surface area contributed by atoms with E-state index in [1.165, 1.54) is 22.9 Å². The molecule has 0 bridgehead atoms. The molecule has 1 aromatic rings. The van der Waals surface area contributed by atoms with Gasteiger partial charge in [-0.2, -0.15) is 0 Å². The molecule has 2 atom stereocenters. The van der Waals surface area contributed by atoms with E-state index in [0.29, 0.717) is 0 Å². The molecule has 1 aliphatic carbocycles. The van der Waals surface area contributed by atoms with Crippen molar-refractivity contribution in [3.8, 4) is 0 Å². The van der Waals surface area contributed by atoms with Crippen molar-refractivity contribution in [2.24, 2.45) is 11.8 Å². The summed E-state index contributed by atoms with van der Waals surface area (Å²) < 4.78 is 0. The zero-order valence-corrected chi connectivity index (χ0v) is 9.73. The summed E-state index contributed by atoms with van der Waals surface area (Å²) in [5.41, 5.74) is 0. The van der Waals surface area contributed by atoms with E-state index in [2.05, 4.69) is 24.1 Å². The van der Waals surface area contributed by atoms with E-state index in [-0.39, 0.29) is 0 Å². The Bertz CT molecular complexity index is 295. The van der Waals surface area contributed by atoms with E-state index in [9.17, 15) is 0 Å². The number of aromatic nitrogens is 1. The second-order valence-corrected chi connectivity index (χ2v) is 5.38. The van der Waals surface area contributed by atoms with Crippen LogP contribution < -0.4 is 5.32 Å². The van der Waals surface area contributed by atoms with Crippen LogP contribution in [0.3, 0.4) is 0 Å². The number of nitrogens with zero attached hydrogens (tertiary/aromatic N) is 1. The summed E-state index contributed by atoms with van der Waals surface area (Å²) in [7, 11) is 0. The van der Waals surface area contributed by atoms with Crippen LogP contribution in [0.5, 0.6) is 0 Å². The molecule has 1 N–H and O–H groups in total. The van der Waals surface area contributed by atoms with Gasteiger partial charge in [-0.25, -0.2) is 4.98 Å². The molecule has 2 nitrogen and oxygen atoms in total. The minimum atomic E-state index is 0.938. The van der Waals surface area contributed by atoms with Gasteiger partial charge < -0.3 is 5.32 Å². The molecule has 78 valence electrons. The largest absolute Gasteiger partial charge is 0.312 e. The molecule has 0 spiro atoms. The van der Waals surface area contributed by atoms with Gasteiger partial charge in [0.2, 0.25) is 0 Å². The van der Waals surface area contributed by atoms with Crippen LogP contribution in [-0.4, -0.2) is 11.5 Å². The summed E-state index contributed by atoms with van der Waals surface area (Å²) in [6.07, 6.45) is 4.48. The minimum Gasteiger partial charge on any atom is -0.312 e. The fraction of sp³-hybridized carbons (Fsp3) is 0.727. The van der Waals surface area contributed by atoms with Gasteiger partial charge >= 0.3 is 0 Å². The Balaban J connectivity index is 1.69. The van der Waals surface area contributed by atoms with Crippen molar-refractivity contribution in [1.29, 1.82) is 0 Å². The highest BCUT2D eigenvalue weighted by atomic mass is 32.1. The number of hydrogen-bond acceptors (Lipinski definition) is 3. The van der Waals surface area contributed by atoms with Crippen LogP contribution in [0, 0.1) is 11.8 Å². The summed E-state index contributed by atoms with van der Waals surface area (Å²) in [5, 5.41) is 4.75. The molecule has 2 rings (SSSR count). The van der Waals surface area contributed by atoms with Crippen molar-refractivity contribution in [2.45, 2.75) is 33.2 Å². The summed E-state index contributed by atoms with van der Waals surface area (Å²) >= 11 is 1.83. The van der Waals surface area contributed by atoms with Crippen LogP contribution in [-0.2, 0) is 13.0 Å². The number of rotatable bonds is 5. The predicted molar refractivity (Wildman–Crippen MR) is 60.5 cm³/mol. The first-order valence-corrected chi connectivity index (χ1v) is 6.25. The summed E-state index contributed by atoms with van der Waals surface area (Å²) in [6, 6.07) is 0. The SMILES string of the molecule is CCc1ncc(CNCC2CC2C)s1. The minimum absolute atomic E-state index is 0.938. The van der Waals surface area contributed by atoms with Crippen molar-refractivity contribution >= 4 is 11.3 Å². The third kappa shape index (κ3) is 2.55. The van der Waals surface area contributed by atoms with Crippen molar-refractivity contribution in [1.82, 2.24) is 10.3 Å². The normalized spacial score (nSPS) is 25.3. The average molecular weight is 210 g/mol. The van der Waals surface area contributed by atoms with Gasteiger partial charge in [-0.1, -0.05) is 13.8 Å². The highest BCUT2D eigenvalue weighted by Gasteiger charge is 2.31. The number of aryl methyl sites for hydroxylation is 1. The van der Waals surface area contributed by atoms with Gasteiger partial charge in [0.05, 0.1) is 5.01 Å². The lowest BCUT2D eigenvalue weighted by Gasteiger charge is -2.00. The van der Waals surface area contributed by atoms with E-state index >= 15 is 0 Å². The standard InChI is InChI=1S/C11H18N2S/c1-3-11-13-7-10(14-11)6-12-5-9-4-8(9)2/h7-9,12H,3-6H2,1-2H3. The van der Waals surface area contributed by atoms with Crippen molar-refractivity contribution in [3.05, 3.63) is 16.1 Å². The maximum Gasteiger partial charge on any atom is 0.0925 e. The fourth-order valence-corrected chi connectivity index (χ4v) is 2.49. The molecule has 0 aromatic carbocycles.